The van der Waals surface area contributed by atoms with Crippen molar-refractivity contribution in [2.24, 2.45) is 5.41 Å². The van der Waals surface area contributed by atoms with Gasteiger partial charge in [0.1, 0.15) is 11.8 Å². The maximum atomic E-state index is 9.82. The molecule has 2 aromatic carbocycles. The molecule has 0 saturated carbocycles. The first-order chi connectivity index (χ1) is 18.9. The molecule has 206 valence electrons. The number of likely N-dealkylation sites (tertiary alicyclic amines) is 1. The number of hydrogen-bond donors (Lipinski definition) is 1. The van der Waals surface area contributed by atoms with Crippen LogP contribution >= 0.6 is 23.2 Å². The third-order valence-corrected chi connectivity index (χ3v) is 8.07. The van der Waals surface area contributed by atoms with E-state index >= 15 is 0 Å². The number of rotatable bonds is 10. The maximum Gasteiger partial charge on any atom is 0.163 e. The maximum absolute atomic E-state index is 9.82. The van der Waals surface area contributed by atoms with Gasteiger partial charge in [0.05, 0.1) is 66.0 Å². The van der Waals surface area contributed by atoms with E-state index in [4.69, 9.17) is 42.1 Å². The van der Waals surface area contributed by atoms with E-state index in [1.54, 1.807) is 12.1 Å². The zero-order chi connectivity index (χ0) is 27.4. The highest BCUT2D eigenvalue weighted by Gasteiger charge is 2.40. The van der Waals surface area contributed by atoms with Crippen LogP contribution < -0.4 is 19.5 Å². The number of piperidine rings is 1. The Labute approximate surface area is 238 Å². The second kappa shape index (κ2) is 12.1. The largest absolute Gasteiger partial charge is 0.495 e. The molecule has 2 aliphatic heterocycles. The molecule has 0 unspecified atom stereocenters. The smallest absolute Gasteiger partial charge is 0.163 e. The summed E-state index contributed by atoms with van der Waals surface area (Å²) in [6.07, 6.45) is 4.88. The van der Waals surface area contributed by atoms with Crippen LogP contribution in [0.2, 0.25) is 10.0 Å². The van der Waals surface area contributed by atoms with Crippen LogP contribution in [0, 0.1) is 16.7 Å². The van der Waals surface area contributed by atoms with Gasteiger partial charge >= 0.3 is 0 Å². The minimum Gasteiger partial charge on any atom is -0.495 e. The Bertz CT molecular complexity index is 1380. The van der Waals surface area contributed by atoms with Gasteiger partial charge in [-0.05, 0) is 51.4 Å². The molecule has 39 heavy (non-hydrogen) atoms. The fourth-order valence-corrected chi connectivity index (χ4v) is 5.62. The molecule has 2 aliphatic rings. The molecule has 1 N–H and O–H groups in total. The lowest BCUT2D eigenvalue weighted by Gasteiger charge is -2.47. The number of fused-ring (bicyclic) bond motifs is 1. The van der Waals surface area contributed by atoms with Crippen molar-refractivity contribution in [3.05, 3.63) is 46.1 Å². The number of nitrogens with one attached hydrogen (secondary N) is 1. The predicted molar refractivity (Wildman–Crippen MR) is 153 cm³/mol. The van der Waals surface area contributed by atoms with Gasteiger partial charge in [-0.2, -0.15) is 5.26 Å². The van der Waals surface area contributed by atoms with Gasteiger partial charge in [0.25, 0.3) is 0 Å². The van der Waals surface area contributed by atoms with E-state index in [0.29, 0.717) is 73.8 Å². The van der Waals surface area contributed by atoms with E-state index in [9.17, 15) is 5.26 Å². The molecule has 10 heteroatoms. The van der Waals surface area contributed by atoms with Gasteiger partial charge in [0.2, 0.25) is 0 Å². The fourth-order valence-electron chi connectivity index (χ4n) is 5.12. The summed E-state index contributed by atoms with van der Waals surface area (Å²) in [4.78, 5) is 7.03. The molecule has 2 saturated heterocycles. The molecule has 2 fully saturated rings. The number of ether oxygens (including phenoxy) is 4. The van der Waals surface area contributed by atoms with Crippen molar-refractivity contribution in [1.82, 2.24) is 9.88 Å². The molecule has 3 heterocycles. The Morgan fingerprint density at radius 2 is 1.85 bits per heavy atom. The van der Waals surface area contributed by atoms with Crippen LogP contribution in [0.1, 0.15) is 31.7 Å². The van der Waals surface area contributed by atoms with Gasteiger partial charge in [-0.3, -0.25) is 4.98 Å². The minimum absolute atomic E-state index is 0.361. The predicted octanol–water partition coefficient (Wildman–Crippen LogP) is 6.45. The second-order valence-electron chi connectivity index (χ2n) is 10.0. The Hall–Kier alpha value is -2.96. The SMILES string of the molecule is CCOc1cc2c(Nc3cc(OC)c(Cl)cc3Cl)c(C#N)cnc2cc1OCCCN1CCC2(CC1)COC2. The van der Waals surface area contributed by atoms with E-state index in [0.717, 1.165) is 39.3 Å². The highest BCUT2D eigenvalue weighted by molar-refractivity contribution is 6.37. The van der Waals surface area contributed by atoms with Crippen molar-refractivity contribution in [3.8, 4) is 23.3 Å². The van der Waals surface area contributed by atoms with Gasteiger partial charge < -0.3 is 29.2 Å². The van der Waals surface area contributed by atoms with E-state index < -0.39 is 0 Å². The number of anilines is 2. The summed E-state index contributed by atoms with van der Waals surface area (Å²) < 4.78 is 22.9. The summed E-state index contributed by atoms with van der Waals surface area (Å²) in [6, 6.07) is 9.22. The van der Waals surface area contributed by atoms with E-state index in [-0.39, 0.29) is 0 Å². The minimum atomic E-state index is 0.361. The quantitative estimate of drug-likeness (QED) is 0.278. The summed E-state index contributed by atoms with van der Waals surface area (Å²) in [5, 5.41) is 14.6. The highest BCUT2D eigenvalue weighted by Crippen LogP contribution is 2.41. The van der Waals surface area contributed by atoms with Crippen LogP contribution in [0.15, 0.2) is 30.5 Å². The van der Waals surface area contributed by atoms with Gasteiger partial charge in [-0.25, -0.2) is 0 Å². The van der Waals surface area contributed by atoms with Crippen molar-refractivity contribution in [2.75, 3.05) is 58.5 Å². The van der Waals surface area contributed by atoms with Crippen LogP contribution in [-0.2, 0) is 4.74 Å². The lowest BCUT2D eigenvalue weighted by molar-refractivity contribution is -0.139. The normalized spacial score (nSPS) is 16.5. The number of aromatic nitrogens is 1. The second-order valence-corrected chi connectivity index (χ2v) is 10.9. The van der Waals surface area contributed by atoms with Crippen molar-refractivity contribution < 1.29 is 18.9 Å². The standard InChI is InChI=1S/C29H32Cl2N4O4/c1-3-38-26-11-20-23(13-27(26)39-10-4-7-35-8-5-29(6-9-35)17-37-18-29)33-16-19(15-32)28(20)34-24-14-25(36-2)22(31)12-21(24)30/h11-14,16H,3-10,17-18H2,1-2H3,(H,33,34). The lowest BCUT2D eigenvalue weighted by Crippen LogP contribution is -2.51. The summed E-state index contributed by atoms with van der Waals surface area (Å²) >= 11 is 12.7. The Kier molecular flexibility index (Phi) is 8.53. The Balaban J connectivity index is 1.34. The fraction of sp³-hybridized carbons (Fsp3) is 0.448. The van der Waals surface area contributed by atoms with E-state index in [1.807, 2.05) is 19.1 Å². The van der Waals surface area contributed by atoms with Crippen LogP contribution in [0.25, 0.3) is 10.9 Å². The molecule has 0 radical (unpaired) electrons. The number of methoxy groups -OCH3 is 1. The number of nitrogens with zero attached hydrogens (tertiary/aromatic N) is 3. The molecular formula is C29H32Cl2N4O4. The highest BCUT2D eigenvalue weighted by atomic mass is 35.5. The molecule has 1 spiro atoms. The summed E-state index contributed by atoms with van der Waals surface area (Å²) in [5.41, 5.74) is 2.58. The van der Waals surface area contributed by atoms with Crippen LogP contribution in [0.3, 0.4) is 0 Å². The zero-order valence-corrected chi connectivity index (χ0v) is 23.7. The van der Waals surface area contributed by atoms with E-state index in [2.05, 4.69) is 21.3 Å². The number of hydrogen-bond acceptors (Lipinski definition) is 8. The van der Waals surface area contributed by atoms with Crippen molar-refractivity contribution in [3.63, 3.8) is 0 Å². The Morgan fingerprint density at radius 3 is 2.51 bits per heavy atom. The molecule has 0 atom stereocenters. The zero-order valence-electron chi connectivity index (χ0n) is 22.2. The molecule has 0 bridgehead atoms. The number of pyridine rings is 1. The van der Waals surface area contributed by atoms with Gasteiger partial charge in [-0.1, -0.05) is 23.2 Å². The number of halogens is 2. The number of nitriles is 1. The molecule has 8 nitrogen and oxygen atoms in total. The summed E-state index contributed by atoms with van der Waals surface area (Å²) in [5.74, 6) is 1.68. The Morgan fingerprint density at radius 1 is 1.08 bits per heavy atom. The molecule has 1 aromatic heterocycles. The topological polar surface area (TPSA) is 88.9 Å². The first kappa shape index (κ1) is 27.6. The first-order valence-electron chi connectivity index (χ1n) is 13.2. The summed E-state index contributed by atoms with van der Waals surface area (Å²) in [6.45, 7) is 8.04. The molecule has 3 aromatic rings. The third kappa shape index (κ3) is 5.97. The van der Waals surface area contributed by atoms with Crippen LogP contribution in [0.4, 0.5) is 11.4 Å². The van der Waals surface area contributed by atoms with Gasteiger partial charge in [0.15, 0.2) is 11.5 Å². The van der Waals surface area contributed by atoms with Gasteiger partial charge in [-0.15, -0.1) is 0 Å². The lowest BCUT2D eigenvalue weighted by atomic mass is 9.77. The summed E-state index contributed by atoms with van der Waals surface area (Å²) in [7, 11) is 1.53. The molecule has 0 amide bonds. The van der Waals surface area contributed by atoms with Gasteiger partial charge in [0, 0.05) is 35.7 Å². The molecule has 0 aliphatic carbocycles. The van der Waals surface area contributed by atoms with Crippen molar-refractivity contribution in [1.29, 1.82) is 5.26 Å². The first-order valence-corrected chi connectivity index (χ1v) is 13.9. The third-order valence-electron chi connectivity index (χ3n) is 7.46. The van der Waals surface area contributed by atoms with Crippen LogP contribution in [0.5, 0.6) is 17.2 Å². The van der Waals surface area contributed by atoms with Crippen molar-refractivity contribution >= 4 is 45.5 Å². The number of benzene rings is 2. The van der Waals surface area contributed by atoms with Crippen LogP contribution in [-0.4, -0.2) is 63.1 Å². The average Bonchev–Trinajstić information content (AvgIpc) is 2.92. The van der Waals surface area contributed by atoms with E-state index in [1.165, 1.54) is 26.1 Å². The monoisotopic (exact) mass is 570 g/mol. The van der Waals surface area contributed by atoms with Crippen molar-refractivity contribution in [2.45, 2.75) is 26.2 Å². The average molecular weight is 572 g/mol. The molecular weight excluding hydrogens is 539 g/mol. The molecule has 5 rings (SSSR count).